The van der Waals surface area contributed by atoms with Gasteiger partial charge >= 0.3 is 0 Å². The van der Waals surface area contributed by atoms with Crippen molar-refractivity contribution >= 4 is 15.8 Å². The van der Waals surface area contributed by atoms with Crippen LogP contribution in [0.3, 0.4) is 0 Å². The third-order valence-electron chi connectivity index (χ3n) is 3.71. The van der Waals surface area contributed by atoms with Gasteiger partial charge in [-0.1, -0.05) is 6.92 Å². The molecule has 7 heteroatoms. The van der Waals surface area contributed by atoms with Crippen LogP contribution in [0.15, 0.2) is 11.1 Å². The third kappa shape index (κ3) is 2.51. The molecule has 1 aromatic heterocycles. The molecule has 0 bridgehead atoms. The predicted octanol–water partition coefficient (Wildman–Crippen LogP) is 0.954. The number of aryl methyl sites for hydroxylation is 1. The van der Waals surface area contributed by atoms with Crippen molar-refractivity contribution in [3.8, 4) is 0 Å². The molecule has 0 spiro atoms. The molecule has 0 amide bonds. The number of sulfonamides is 1. The standard InChI is InChI=1S/C11H20N4O2S/c1-3-11(5-6-11)8-13-18(16,17)9-7-15(4-2)14-10(9)12/h7,13H,3-6,8H2,1-2H3,(H2,12,14). The minimum absolute atomic E-state index is 0.0608. The molecule has 0 aromatic carbocycles. The SMILES string of the molecule is CCn1cc(S(=O)(=O)NCC2(CC)CC2)c(N)n1. The molecule has 0 radical (unpaired) electrons. The van der Waals surface area contributed by atoms with Gasteiger partial charge in [-0.2, -0.15) is 5.10 Å². The summed E-state index contributed by atoms with van der Waals surface area (Å²) in [6, 6.07) is 0. The van der Waals surface area contributed by atoms with Gasteiger partial charge in [0.05, 0.1) is 0 Å². The van der Waals surface area contributed by atoms with Crippen molar-refractivity contribution in [2.45, 2.75) is 44.6 Å². The van der Waals surface area contributed by atoms with Crippen molar-refractivity contribution in [3.63, 3.8) is 0 Å². The zero-order valence-corrected chi connectivity index (χ0v) is 11.6. The maximum absolute atomic E-state index is 12.1. The van der Waals surface area contributed by atoms with Crippen LogP contribution in [0.5, 0.6) is 0 Å². The fraction of sp³-hybridized carbons (Fsp3) is 0.727. The Morgan fingerprint density at radius 2 is 2.17 bits per heavy atom. The van der Waals surface area contributed by atoms with Gasteiger partial charge in [-0.3, -0.25) is 4.68 Å². The quantitative estimate of drug-likeness (QED) is 0.807. The van der Waals surface area contributed by atoms with E-state index in [0.717, 1.165) is 19.3 Å². The Morgan fingerprint density at radius 3 is 2.61 bits per heavy atom. The molecule has 1 aliphatic rings. The highest BCUT2D eigenvalue weighted by Gasteiger charge is 2.41. The zero-order chi connectivity index (χ0) is 13.4. The Kier molecular flexibility index (Phi) is 3.37. The van der Waals surface area contributed by atoms with Crippen LogP contribution in [0.25, 0.3) is 0 Å². The van der Waals surface area contributed by atoms with E-state index in [0.29, 0.717) is 13.1 Å². The van der Waals surface area contributed by atoms with Gasteiger partial charge in [-0.05, 0) is 31.6 Å². The van der Waals surface area contributed by atoms with Crippen LogP contribution in [-0.2, 0) is 16.6 Å². The Bertz CT molecular complexity index is 531. The summed E-state index contributed by atoms with van der Waals surface area (Å²) in [4.78, 5) is 0.0799. The van der Waals surface area contributed by atoms with Gasteiger partial charge in [0.15, 0.2) is 5.82 Å². The van der Waals surface area contributed by atoms with E-state index in [1.807, 2.05) is 6.92 Å². The van der Waals surface area contributed by atoms with E-state index in [1.165, 1.54) is 10.9 Å². The summed E-state index contributed by atoms with van der Waals surface area (Å²) < 4.78 is 28.4. The second kappa shape index (κ2) is 4.55. The summed E-state index contributed by atoms with van der Waals surface area (Å²) in [7, 11) is -3.54. The largest absolute Gasteiger partial charge is 0.381 e. The molecule has 102 valence electrons. The van der Waals surface area contributed by atoms with Gasteiger partial charge < -0.3 is 5.73 Å². The van der Waals surface area contributed by atoms with E-state index in [1.54, 1.807) is 0 Å². The van der Waals surface area contributed by atoms with Crippen LogP contribution < -0.4 is 10.5 Å². The number of aromatic nitrogens is 2. The van der Waals surface area contributed by atoms with Gasteiger partial charge in [0.25, 0.3) is 0 Å². The van der Waals surface area contributed by atoms with Gasteiger partial charge in [-0.25, -0.2) is 13.1 Å². The molecule has 1 heterocycles. The molecule has 0 saturated heterocycles. The van der Waals surface area contributed by atoms with Gasteiger partial charge in [0, 0.05) is 19.3 Å². The Balaban J connectivity index is 2.12. The van der Waals surface area contributed by atoms with Crippen LogP contribution in [0.2, 0.25) is 0 Å². The molecule has 0 unspecified atom stereocenters. The fourth-order valence-electron chi connectivity index (χ4n) is 1.95. The zero-order valence-electron chi connectivity index (χ0n) is 10.8. The molecule has 18 heavy (non-hydrogen) atoms. The molecular weight excluding hydrogens is 252 g/mol. The lowest BCUT2D eigenvalue weighted by molar-refractivity contribution is 0.475. The van der Waals surface area contributed by atoms with Crippen molar-refractivity contribution in [2.75, 3.05) is 12.3 Å². The van der Waals surface area contributed by atoms with E-state index in [9.17, 15) is 8.42 Å². The number of anilines is 1. The minimum Gasteiger partial charge on any atom is -0.381 e. The monoisotopic (exact) mass is 272 g/mol. The van der Waals surface area contributed by atoms with E-state index in [2.05, 4.69) is 16.7 Å². The third-order valence-corrected chi connectivity index (χ3v) is 5.13. The second-order valence-corrected chi connectivity index (χ2v) is 6.65. The highest BCUT2D eigenvalue weighted by Crippen LogP contribution is 2.48. The first kappa shape index (κ1) is 13.4. The lowest BCUT2D eigenvalue weighted by Gasteiger charge is -2.13. The molecule has 6 nitrogen and oxygen atoms in total. The maximum atomic E-state index is 12.1. The Morgan fingerprint density at radius 1 is 1.50 bits per heavy atom. The van der Waals surface area contributed by atoms with Crippen molar-refractivity contribution < 1.29 is 8.42 Å². The summed E-state index contributed by atoms with van der Waals surface area (Å²) >= 11 is 0. The molecule has 1 saturated carbocycles. The van der Waals surface area contributed by atoms with Crippen molar-refractivity contribution in [3.05, 3.63) is 6.20 Å². The molecule has 1 fully saturated rings. The lowest BCUT2D eigenvalue weighted by atomic mass is 10.1. The molecule has 0 aliphatic heterocycles. The summed E-state index contributed by atoms with van der Waals surface area (Å²) in [6.45, 7) is 5.05. The van der Waals surface area contributed by atoms with E-state index in [4.69, 9.17) is 5.73 Å². The maximum Gasteiger partial charge on any atom is 0.245 e. The average Bonchev–Trinajstić information content (AvgIpc) is 3.03. The first-order chi connectivity index (χ1) is 8.42. The minimum atomic E-state index is -3.54. The number of nitrogens with zero attached hydrogens (tertiary/aromatic N) is 2. The Labute approximate surface area is 108 Å². The van der Waals surface area contributed by atoms with Crippen LogP contribution in [0.1, 0.15) is 33.1 Å². The topological polar surface area (TPSA) is 90.0 Å². The normalized spacial score (nSPS) is 17.9. The Hall–Kier alpha value is -1.08. The summed E-state index contributed by atoms with van der Waals surface area (Å²) in [5, 5.41) is 3.95. The molecule has 1 aromatic rings. The second-order valence-electron chi connectivity index (χ2n) is 4.91. The molecule has 0 atom stereocenters. The van der Waals surface area contributed by atoms with Gasteiger partial charge in [-0.15, -0.1) is 0 Å². The summed E-state index contributed by atoms with van der Waals surface area (Å²) in [5.41, 5.74) is 5.81. The lowest BCUT2D eigenvalue weighted by Crippen LogP contribution is -2.30. The number of hydrogen-bond acceptors (Lipinski definition) is 4. The number of rotatable bonds is 6. The van der Waals surface area contributed by atoms with Crippen molar-refractivity contribution in [2.24, 2.45) is 5.41 Å². The number of nitrogens with one attached hydrogen (secondary N) is 1. The van der Waals surface area contributed by atoms with Crippen molar-refractivity contribution in [1.29, 1.82) is 0 Å². The van der Waals surface area contributed by atoms with Gasteiger partial charge in [0.1, 0.15) is 4.90 Å². The predicted molar refractivity (Wildman–Crippen MR) is 69.5 cm³/mol. The summed E-state index contributed by atoms with van der Waals surface area (Å²) in [5.74, 6) is 0.0608. The first-order valence-electron chi connectivity index (χ1n) is 6.25. The van der Waals surface area contributed by atoms with E-state index < -0.39 is 10.0 Å². The van der Waals surface area contributed by atoms with Crippen LogP contribution in [0, 0.1) is 5.41 Å². The first-order valence-corrected chi connectivity index (χ1v) is 7.73. The highest BCUT2D eigenvalue weighted by molar-refractivity contribution is 7.89. The average molecular weight is 272 g/mol. The molecule has 3 N–H and O–H groups in total. The van der Waals surface area contributed by atoms with E-state index in [-0.39, 0.29) is 16.1 Å². The van der Waals surface area contributed by atoms with Crippen LogP contribution in [-0.4, -0.2) is 24.7 Å². The van der Waals surface area contributed by atoms with E-state index >= 15 is 0 Å². The smallest absolute Gasteiger partial charge is 0.245 e. The number of nitrogens with two attached hydrogens (primary N) is 1. The molecule has 1 aliphatic carbocycles. The van der Waals surface area contributed by atoms with Crippen molar-refractivity contribution in [1.82, 2.24) is 14.5 Å². The highest BCUT2D eigenvalue weighted by atomic mass is 32.2. The number of nitrogen functional groups attached to an aromatic ring is 1. The number of hydrogen-bond donors (Lipinski definition) is 2. The van der Waals surface area contributed by atoms with Crippen LogP contribution >= 0.6 is 0 Å². The van der Waals surface area contributed by atoms with Crippen LogP contribution in [0.4, 0.5) is 5.82 Å². The van der Waals surface area contributed by atoms with Gasteiger partial charge in [0.2, 0.25) is 10.0 Å². The molecular formula is C11H20N4O2S. The summed E-state index contributed by atoms with van der Waals surface area (Å²) in [6.07, 6.45) is 4.66. The molecule has 2 rings (SSSR count). The fourth-order valence-corrected chi connectivity index (χ4v) is 3.17.